The zero-order valence-electron chi connectivity index (χ0n) is 18.9. The summed E-state index contributed by atoms with van der Waals surface area (Å²) in [4.78, 5) is 25.5. The fourth-order valence-electron chi connectivity index (χ4n) is 3.47. The van der Waals surface area contributed by atoms with Crippen LogP contribution in [-0.2, 0) is 0 Å². The molecule has 3 heterocycles. The predicted octanol–water partition coefficient (Wildman–Crippen LogP) is 3.94. The molecule has 176 valence electrons. The van der Waals surface area contributed by atoms with Crippen molar-refractivity contribution in [2.75, 3.05) is 37.9 Å². The fourth-order valence-corrected chi connectivity index (χ4v) is 3.47. The molecule has 1 aliphatic rings. The number of fused-ring (bicyclic) bond motifs is 1. The Hall–Kier alpha value is -4.18. The highest BCUT2D eigenvalue weighted by Crippen LogP contribution is 2.35. The average molecular weight is 465 g/mol. The van der Waals surface area contributed by atoms with E-state index < -0.39 is 11.4 Å². The van der Waals surface area contributed by atoms with Crippen molar-refractivity contribution in [2.24, 2.45) is 0 Å². The molecule has 0 bridgehead atoms. The summed E-state index contributed by atoms with van der Waals surface area (Å²) in [5.41, 5.74) is 0.750. The Kier molecular flexibility index (Phi) is 6.60. The minimum atomic E-state index is -0.750. The van der Waals surface area contributed by atoms with E-state index in [2.05, 4.69) is 38.7 Å². The van der Waals surface area contributed by atoms with Gasteiger partial charge < -0.3 is 30.0 Å². The number of rotatable bonds is 8. The number of nitrogens with zero attached hydrogens (tertiary/aromatic N) is 3. The van der Waals surface area contributed by atoms with Crippen molar-refractivity contribution in [3.8, 4) is 11.5 Å². The lowest BCUT2D eigenvalue weighted by atomic mass is 10.1. The van der Waals surface area contributed by atoms with Crippen LogP contribution >= 0.6 is 0 Å². The number of aromatic amines is 1. The molecule has 2 aromatic heterocycles. The molecule has 3 aromatic rings. The number of benzene rings is 1. The number of H-pyrrole nitrogens is 1. The molecule has 0 spiro atoms. The summed E-state index contributed by atoms with van der Waals surface area (Å²) in [7, 11) is 3.97. The van der Waals surface area contributed by atoms with Gasteiger partial charge in [-0.2, -0.15) is 4.98 Å². The molecule has 9 nitrogen and oxygen atoms in total. The molecule has 1 aliphatic heterocycles. The van der Waals surface area contributed by atoms with Crippen molar-refractivity contribution in [2.45, 2.75) is 6.10 Å². The van der Waals surface area contributed by atoms with Crippen molar-refractivity contribution in [1.29, 1.82) is 0 Å². The topological polar surface area (TPSA) is 104 Å². The lowest BCUT2D eigenvalue weighted by Crippen LogP contribution is -2.37. The van der Waals surface area contributed by atoms with Gasteiger partial charge in [0.1, 0.15) is 30.0 Å². The zero-order chi connectivity index (χ0) is 24.2. The molecule has 1 atom stereocenters. The smallest absolute Gasteiger partial charge is 0.272 e. The van der Waals surface area contributed by atoms with Gasteiger partial charge in [-0.25, -0.2) is 9.37 Å². The van der Waals surface area contributed by atoms with Crippen molar-refractivity contribution >= 4 is 35.0 Å². The van der Waals surface area contributed by atoms with Crippen LogP contribution in [0.1, 0.15) is 11.3 Å². The third-order valence-electron chi connectivity index (χ3n) is 4.97. The van der Waals surface area contributed by atoms with Gasteiger partial charge in [-0.1, -0.05) is 19.2 Å². The summed E-state index contributed by atoms with van der Waals surface area (Å²) in [5.74, 6) is 1.24. The number of ether oxygens (including phenoxy) is 2. The Morgan fingerprint density at radius 2 is 2.12 bits per heavy atom. The van der Waals surface area contributed by atoms with Gasteiger partial charge in [-0.3, -0.25) is 4.79 Å². The molecule has 4 rings (SSSR count). The molecule has 0 fully saturated rings. The Morgan fingerprint density at radius 3 is 2.85 bits per heavy atom. The zero-order valence-corrected chi connectivity index (χ0v) is 18.9. The summed E-state index contributed by atoms with van der Waals surface area (Å²) >= 11 is 0. The Labute approximate surface area is 196 Å². The predicted molar refractivity (Wildman–Crippen MR) is 131 cm³/mol. The Bertz CT molecular complexity index is 1290. The molecule has 0 amide bonds. The minimum Gasteiger partial charge on any atom is -0.486 e. The van der Waals surface area contributed by atoms with Gasteiger partial charge in [0, 0.05) is 30.1 Å². The van der Waals surface area contributed by atoms with E-state index in [9.17, 15) is 9.18 Å². The molecule has 0 saturated carbocycles. The summed E-state index contributed by atoms with van der Waals surface area (Å²) < 4.78 is 25.4. The van der Waals surface area contributed by atoms with Crippen LogP contribution < -0.4 is 25.7 Å². The van der Waals surface area contributed by atoms with Crippen LogP contribution in [0.25, 0.3) is 11.9 Å². The number of halogens is 1. The maximum atomic E-state index is 13.6. The summed E-state index contributed by atoms with van der Waals surface area (Å²) in [6.45, 7) is 8.09. The van der Waals surface area contributed by atoms with Gasteiger partial charge in [-0.15, -0.1) is 0 Å². The standard InChI is InChI=1S/C24H25FN6O3/c1-5-15-10-18(23(32)30-22(15)14(2)25)28-21-8-9-26-24(29-21)27-16-6-7-19-20(11-16)33-13-17(34-19)12-31(3)4/h5-11,17H,1-2,12-13H2,3-4H3,(H,30,32)(H2,26,27,28,29). The quantitative estimate of drug-likeness (QED) is 0.461. The SMILES string of the molecule is C=Cc1cc(Nc2ccnc(Nc3ccc4c(c3)OCC(CN(C)C)O4)n2)c(=O)[nH]c1C(=C)F. The molecular weight excluding hydrogens is 439 g/mol. The summed E-state index contributed by atoms with van der Waals surface area (Å²) in [5, 5.41) is 6.04. The number of nitrogens with one attached hydrogen (secondary N) is 3. The maximum absolute atomic E-state index is 13.6. The highest BCUT2D eigenvalue weighted by atomic mass is 19.1. The van der Waals surface area contributed by atoms with Gasteiger partial charge in [0.05, 0.1) is 5.69 Å². The van der Waals surface area contributed by atoms with Crippen LogP contribution in [-0.4, -0.2) is 53.2 Å². The molecule has 10 heteroatoms. The van der Waals surface area contributed by atoms with Gasteiger partial charge in [0.15, 0.2) is 11.5 Å². The number of aromatic nitrogens is 3. The lowest BCUT2D eigenvalue weighted by Gasteiger charge is -2.28. The van der Waals surface area contributed by atoms with Crippen molar-refractivity contribution < 1.29 is 13.9 Å². The van der Waals surface area contributed by atoms with E-state index in [1.165, 1.54) is 12.1 Å². The van der Waals surface area contributed by atoms with Crippen LogP contribution in [0.2, 0.25) is 0 Å². The normalized spacial score (nSPS) is 14.5. The number of anilines is 4. The van der Waals surface area contributed by atoms with Gasteiger partial charge >= 0.3 is 0 Å². The summed E-state index contributed by atoms with van der Waals surface area (Å²) in [6.07, 6.45) is 2.94. The first-order chi connectivity index (χ1) is 16.3. The Balaban J connectivity index is 1.49. The first-order valence-electron chi connectivity index (χ1n) is 10.5. The van der Waals surface area contributed by atoms with Crippen LogP contribution in [0.5, 0.6) is 11.5 Å². The molecule has 34 heavy (non-hydrogen) atoms. The molecular formula is C24H25FN6O3. The van der Waals surface area contributed by atoms with Crippen molar-refractivity contribution in [3.63, 3.8) is 0 Å². The van der Waals surface area contributed by atoms with Crippen LogP contribution in [0.3, 0.4) is 0 Å². The van der Waals surface area contributed by atoms with Crippen LogP contribution in [0, 0.1) is 0 Å². The van der Waals surface area contributed by atoms with E-state index in [1.807, 2.05) is 37.2 Å². The largest absolute Gasteiger partial charge is 0.486 e. The first kappa shape index (κ1) is 23.0. The Morgan fingerprint density at radius 1 is 1.29 bits per heavy atom. The van der Waals surface area contributed by atoms with Crippen LogP contribution in [0.4, 0.5) is 27.5 Å². The number of likely N-dealkylation sites (N-methyl/N-ethyl adjacent to an activating group) is 1. The molecule has 0 aliphatic carbocycles. The second kappa shape index (κ2) is 9.75. The third kappa shape index (κ3) is 5.24. The van der Waals surface area contributed by atoms with Gasteiger partial charge in [0.25, 0.3) is 5.56 Å². The highest BCUT2D eigenvalue weighted by Gasteiger charge is 2.22. The molecule has 1 unspecified atom stereocenters. The first-order valence-corrected chi connectivity index (χ1v) is 10.5. The van der Waals surface area contributed by atoms with Crippen LogP contribution in [0.15, 0.2) is 54.5 Å². The summed E-state index contributed by atoms with van der Waals surface area (Å²) in [6, 6.07) is 8.57. The number of hydrogen-bond acceptors (Lipinski definition) is 8. The van der Waals surface area contributed by atoms with Crippen molar-refractivity contribution in [1.82, 2.24) is 19.9 Å². The lowest BCUT2D eigenvalue weighted by molar-refractivity contribution is 0.0711. The second-order valence-electron chi connectivity index (χ2n) is 7.94. The molecule has 3 N–H and O–H groups in total. The highest BCUT2D eigenvalue weighted by molar-refractivity contribution is 5.70. The second-order valence-corrected chi connectivity index (χ2v) is 7.94. The van der Waals surface area contributed by atoms with Crippen molar-refractivity contribution in [3.05, 3.63) is 71.3 Å². The van der Waals surface area contributed by atoms with Gasteiger partial charge in [0.2, 0.25) is 5.95 Å². The molecule has 0 saturated heterocycles. The molecule has 1 aromatic carbocycles. The monoisotopic (exact) mass is 464 g/mol. The van der Waals surface area contributed by atoms with Gasteiger partial charge in [-0.05, 0) is 38.4 Å². The third-order valence-corrected chi connectivity index (χ3v) is 4.97. The van der Waals surface area contributed by atoms with E-state index in [-0.39, 0.29) is 17.5 Å². The van der Waals surface area contributed by atoms with E-state index in [1.54, 1.807) is 12.3 Å². The maximum Gasteiger partial charge on any atom is 0.272 e. The average Bonchev–Trinajstić information content (AvgIpc) is 2.80. The minimum absolute atomic E-state index is 0.0118. The van der Waals surface area contributed by atoms with E-state index in [0.29, 0.717) is 41.1 Å². The van der Waals surface area contributed by atoms with E-state index in [0.717, 1.165) is 6.54 Å². The fraction of sp³-hybridized carbons (Fsp3) is 0.208. The number of hydrogen-bond donors (Lipinski definition) is 3. The molecule has 0 radical (unpaired) electrons. The van der Waals surface area contributed by atoms with E-state index in [4.69, 9.17) is 9.47 Å². The van der Waals surface area contributed by atoms with E-state index >= 15 is 0 Å². The number of pyridine rings is 1.